The monoisotopic (exact) mass is 155 g/mol. The molecule has 58 valence electrons. The molecule has 11 heavy (non-hydrogen) atoms. The van der Waals surface area contributed by atoms with Gasteiger partial charge in [0, 0.05) is 0 Å². The molecule has 0 saturated carbocycles. The van der Waals surface area contributed by atoms with E-state index in [4.69, 9.17) is 11.5 Å². The van der Waals surface area contributed by atoms with Gasteiger partial charge in [-0.3, -0.25) is 4.79 Å². The van der Waals surface area contributed by atoms with Gasteiger partial charge in [-0.25, -0.2) is 9.37 Å². The molecule has 0 aliphatic carbocycles. The topological polar surface area (TPSA) is 82.0 Å². The summed E-state index contributed by atoms with van der Waals surface area (Å²) in [5.74, 6) is -1.61. The number of rotatable bonds is 1. The number of primary amides is 1. The van der Waals surface area contributed by atoms with Crippen LogP contribution in [0.25, 0.3) is 0 Å². The maximum absolute atomic E-state index is 12.6. The van der Waals surface area contributed by atoms with Gasteiger partial charge in [0.2, 0.25) is 0 Å². The van der Waals surface area contributed by atoms with Crippen molar-refractivity contribution in [1.29, 1.82) is 0 Å². The van der Waals surface area contributed by atoms with Gasteiger partial charge >= 0.3 is 0 Å². The molecule has 0 spiro atoms. The summed E-state index contributed by atoms with van der Waals surface area (Å²) in [6, 6.07) is 2.30. The number of anilines is 1. The Balaban J connectivity index is 3.23. The molecule has 0 atom stereocenters. The molecule has 0 unspecified atom stereocenters. The highest BCUT2D eigenvalue weighted by Crippen LogP contribution is 2.05. The number of nitrogens with two attached hydrogens (primary N) is 2. The van der Waals surface area contributed by atoms with Gasteiger partial charge in [0.15, 0.2) is 11.5 Å². The fraction of sp³-hybridized carbons (Fsp3) is 0. The van der Waals surface area contributed by atoms with Crippen molar-refractivity contribution >= 4 is 11.7 Å². The van der Waals surface area contributed by atoms with Crippen LogP contribution in [0.2, 0.25) is 0 Å². The highest BCUT2D eigenvalue weighted by molar-refractivity contribution is 5.91. The number of pyridine rings is 1. The average molecular weight is 155 g/mol. The van der Waals surface area contributed by atoms with E-state index in [0.29, 0.717) is 0 Å². The van der Waals surface area contributed by atoms with Gasteiger partial charge in [0.1, 0.15) is 5.82 Å². The van der Waals surface area contributed by atoms with Crippen LogP contribution in [-0.4, -0.2) is 10.9 Å². The maximum atomic E-state index is 12.6. The summed E-state index contributed by atoms with van der Waals surface area (Å²) in [6.45, 7) is 0. The third-order valence-electron chi connectivity index (χ3n) is 1.10. The number of hydrogen-bond acceptors (Lipinski definition) is 3. The molecule has 1 heterocycles. The summed E-state index contributed by atoms with van der Waals surface area (Å²) < 4.78 is 12.6. The maximum Gasteiger partial charge on any atom is 0.270 e. The fourth-order valence-electron chi connectivity index (χ4n) is 0.630. The van der Waals surface area contributed by atoms with Crippen LogP contribution in [0.4, 0.5) is 10.2 Å². The molecule has 1 aromatic heterocycles. The number of carbonyl (C=O) groups excluding carboxylic acids is 1. The zero-order chi connectivity index (χ0) is 8.43. The summed E-state index contributed by atoms with van der Waals surface area (Å²) in [4.78, 5) is 13.8. The lowest BCUT2D eigenvalue weighted by Crippen LogP contribution is -2.16. The number of nitrogen functional groups attached to an aromatic ring is 1. The van der Waals surface area contributed by atoms with Crippen LogP contribution >= 0.6 is 0 Å². The Morgan fingerprint density at radius 3 is 2.64 bits per heavy atom. The van der Waals surface area contributed by atoms with E-state index in [2.05, 4.69) is 4.98 Å². The van der Waals surface area contributed by atoms with Crippen LogP contribution < -0.4 is 11.5 Å². The molecule has 5 heteroatoms. The smallest absolute Gasteiger partial charge is 0.270 e. The first-order valence-electron chi connectivity index (χ1n) is 2.83. The molecule has 0 fully saturated rings. The number of aromatic nitrogens is 1. The molecule has 0 aromatic carbocycles. The van der Waals surface area contributed by atoms with E-state index in [9.17, 15) is 9.18 Å². The molecule has 0 aliphatic rings. The molecule has 0 radical (unpaired) electrons. The second-order valence-electron chi connectivity index (χ2n) is 1.93. The van der Waals surface area contributed by atoms with E-state index in [-0.39, 0.29) is 5.82 Å². The van der Waals surface area contributed by atoms with Crippen molar-refractivity contribution in [2.24, 2.45) is 5.73 Å². The van der Waals surface area contributed by atoms with Crippen LogP contribution in [-0.2, 0) is 0 Å². The quantitative estimate of drug-likeness (QED) is 0.594. The molecule has 4 N–H and O–H groups in total. The summed E-state index contributed by atoms with van der Waals surface area (Å²) in [5, 5.41) is 0. The zero-order valence-electron chi connectivity index (χ0n) is 5.54. The minimum Gasteiger partial charge on any atom is -0.384 e. The Labute approximate surface area is 62.0 Å². The molecule has 0 bridgehead atoms. The molecule has 4 nitrogen and oxygen atoms in total. The van der Waals surface area contributed by atoms with Crippen molar-refractivity contribution in [1.82, 2.24) is 4.98 Å². The van der Waals surface area contributed by atoms with Crippen molar-refractivity contribution in [3.05, 3.63) is 23.6 Å². The molecular formula is C6H6FN3O. The average Bonchev–Trinajstić information content (AvgIpc) is 1.94. The van der Waals surface area contributed by atoms with Crippen LogP contribution in [0.5, 0.6) is 0 Å². The van der Waals surface area contributed by atoms with Gasteiger partial charge in [-0.15, -0.1) is 0 Å². The number of hydrogen-bond donors (Lipinski definition) is 2. The summed E-state index contributed by atoms with van der Waals surface area (Å²) in [7, 11) is 0. The summed E-state index contributed by atoms with van der Waals surface area (Å²) in [6.07, 6.45) is 0. The van der Waals surface area contributed by atoms with Gasteiger partial charge in [-0.05, 0) is 12.1 Å². The van der Waals surface area contributed by atoms with E-state index in [1.54, 1.807) is 0 Å². The lowest BCUT2D eigenvalue weighted by molar-refractivity contribution is 0.0991. The highest BCUT2D eigenvalue weighted by atomic mass is 19.1. The SMILES string of the molecule is NC(=O)c1nc(N)ccc1F. The van der Waals surface area contributed by atoms with E-state index in [0.717, 1.165) is 6.07 Å². The van der Waals surface area contributed by atoms with Gasteiger partial charge < -0.3 is 11.5 Å². The first-order valence-corrected chi connectivity index (χ1v) is 2.83. The Hall–Kier alpha value is -1.65. The second-order valence-corrected chi connectivity index (χ2v) is 1.93. The molecule has 0 aliphatic heterocycles. The number of nitrogens with zero attached hydrogens (tertiary/aromatic N) is 1. The largest absolute Gasteiger partial charge is 0.384 e. The summed E-state index contributed by atoms with van der Waals surface area (Å²) in [5.41, 5.74) is 9.54. The van der Waals surface area contributed by atoms with E-state index in [1.165, 1.54) is 6.07 Å². The molecule has 0 saturated heterocycles. The van der Waals surface area contributed by atoms with Crippen molar-refractivity contribution in [3.8, 4) is 0 Å². The van der Waals surface area contributed by atoms with Gasteiger partial charge in [-0.1, -0.05) is 0 Å². The first kappa shape index (κ1) is 7.46. The molecule has 1 amide bonds. The Bertz CT molecular complexity index is 300. The van der Waals surface area contributed by atoms with Gasteiger partial charge in [-0.2, -0.15) is 0 Å². The van der Waals surface area contributed by atoms with E-state index >= 15 is 0 Å². The van der Waals surface area contributed by atoms with Crippen LogP contribution in [0, 0.1) is 5.82 Å². The van der Waals surface area contributed by atoms with Crippen molar-refractivity contribution in [3.63, 3.8) is 0 Å². The standard InChI is InChI=1S/C6H6FN3O/c7-3-1-2-4(8)10-5(3)6(9)11/h1-2H,(H2,8,10)(H2,9,11). The molecule has 1 aromatic rings. The Morgan fingerprint density at radius 1 is 1.55 bits per heavy atom. The lowest BCUT2D eigenvalue weighted by Gasteiger charge is -1.97. The van der Waals surface area contributed by atoms with Crippen molar-refractivity contribution < 1.29 is 9.18 Å². The molecular weight excluding hydrogens is 149 g/mol. The van der Waals surface area contributed by atoms with E-state index in [1.807, 2.05) is 0 Å². The van der Waals surface area contributed by atoms with Crippen molar-refractivity contribution in [2.75, 3.05) is 5.73 Å². The zero-order valence-corrected chi connectivity index (χ0v) is 5.54. The summed E-state index contributed by atoms with van der Waals surface area (Å²) >= 11 is 0. The second kappa shape index (κ2) is 2.53. The minimum absolute atomic E-state index is 0.0696. The normalized spacial score (nSPS) is 9.55. The Kier molecular flexibility index (Phi) is 1.72. The minimum atomic E-state index is -0.921. The third-order valence-corrected chi connectivity index (χ3v) is 1.10. The number of carbonyl (C=O) groups is 1. The third kappa shape index (κ3) is 1.43. The van der Waals surface area contributed by atoms with Crippen LogP contribution in [0.1, 0.15) is 10.5 Å². The number of amides is 1. The lowest BCUT2D eigenvalue weighted by atomic mass is 10.3. The van der Waals surface area contributed by atoms with Gasteiger partial charge in [0.25, 0.3) is 5.91 Å². The van der Waals surface area contributed by atoms with Crippen molar-refractivity contribution in [2.45, 2.75) is 0 Å². The highest BCUT2D eigenvalue weighted by Gasteiger charge is 2.08. The van der Waals surface area contributed by atoms with Crippen LogP contribution in [0.3, 0.4) is 0 Å². The molecule has 1 rings (SSSR count). The predicted octanol–water partition coefficient (Wildman–Crippen LogP) is -0.0982. The van der Waals surface area contributed by atoms with Crippen LogP contribution in [0.15, 0.2) is 12.1 Å². The first-order chi connectivity index (χ1) is 5.11. The Morgan fingerprint density at radius 2 is 2.18 bits per heavy atom. The predicted molar refractivity (Wildman–Crippen MR) is 37.1 cm³/mol. The van der Waals surface area contributed by atoms with Gasteiger partial charge in [0.05, 0.1) is 0 Å². The fourth-order valence-corrected chi connectivity index (χ4v) is 0.630. The van der Waals surface area contributed by atoms with E-state index < -0.39 is 17.4 Å². The number of halogens is 1.